The maximum Gasteiger partial charge on any atom is 0.124 e. The number of fused-ring (bicyclic) bond motifs is 5. The number of rotatable bonds is 2. The number of para-hydroxylation sites is 1. The first kappa shape index (κ1) is 12.7. The van der Waals surface area contributed by atoms with E-state index < -0.39 is 0 Å². The third-order valence-electron chi connectivity index (χ3n) is 5.55. The van der Waals surface area contributed by atoms with Crippen LogP contribution in [0.25, 0.3) is 0 Å². The van der Waals surface area contributed by atoms with E-state index in [1.807, 2.05) is 0 Å². The summed E-state index contributed by atoms with van der Waals surface area (Å²) in [6.45, 7) is 6.94. The quantitative estimate of drug-likeness (QED) is 0.805. The second-order valence-corrected chi connectivity index (χ2v) is 7.38. The molecule has 2 fully saturated rings. The van der Waals surface area contributed by atoms with Crippen LogP contribution in [0.15, 0.2) is 24.3 Å². The van der Waals surface area contributed by atoms with Crippen molar-refractivity contribution in [2.75, 3.05) is 13.2 Å². The number of ether oxygens (including phenoxy) is 1. The van der Waals surface area contributed by atoms with Crippen LogP contribution in [0.1, 0.15) is 51.1 Å². The zero-order chi connectivity index (χ0) is 13.7. The SMILES string of the molecule is CC(C)CC12CCCN1C1c3ccccc3OCC1C2. The summed E-state index contributed by atoms with van der Waals surface area (Å²) in [7, 11) is 0. The van der Waals surface area contributed by atoms with Crippen molar-refractivity contribution in [3.05, 3.63) is 29.8 Å². The number of nitrogens with zero attached hydrogens (tertiary/aromatic N) is 1. The molecule has 3 heterocycles. The molecule has 108 valence electrons. The van der Waals surface area contributed by atoms with Crippen LogP contribution in [0.5, 0.6) is 5.75 Å². The molecule has 2 heteroatoms. The molecule has 0 radical (unpaired) electrons. The maximum absolute atomic E-state index is 6.03. The van der Waals surface area contributed by atoms with Gasteiger partial charge in [0.15, 0.2) is 0 Å². The molecule has 0 aliphatic carbocycles. The minimum atomic E-state index is 0.463. The molecule has 3 unspecified atom stereocenters. The monoisotopic (exact) mass is 271 g/mol. The highest BCUT2D eigenvalue weighted by molar-refractivity contribution is 5.40. The van der Waals surface area contributed by atoms with Crippen LogP contribution in [0.3, 0.4) is 0 Å². The van der Waals surface area contributed by atoms with E-state index in [0.717, 1.165) is 18.3 Å². The van der Waals surface area contributed by atoms with Crippen LogP contribution in [0.2, 0.25) is 0 Å². The van der Waals surface area contributed by atoms with E-state index in [9.17, 15) is 0 Å². The van der Waals surface area contributed by atoms with Crippen molar-refractivity contribution in [2.45, 2.75) is 51.1 Å². The Morgan fingerprint density at radius 3 is 3.05 bits per heavy atom. The lowest BCUT2D eigenvalue weighted by molar-refractivity contribution is 0.108. The highest BCUT2D eigenvalue weighted by Crippen LogP contribution is 2.57. The Morgan fingerprint density at radius 1 is 1.35 bits per heavy atom. The van der Waals surface area contributed by atoms with Gasteiger partial charge in [0.05, 0.1) is 6.61 Å². The molecule has 0 bridgehead atoms. The number of benzene rings is 1. The average Bonchev–Trinajstić information content (AvgIpc) is 2.92. The van der Waals surface area contributed by atoms with E-state index in [-0.39, 0.29) is 0 Å². The van der Waals surface area contributed by atoms with E-state index in [0.29, 0.717) is 17.5 Å². The summed E-state index contributed by atoms with van der Waals surface area (Å²) in [5.74, 6) is 2.61. The zero-order valence-corrected chi connectivity index (χ0v) is 12.6. The molecule has 3 aliphatic rings. The van der Waals surface area contributed by atoms with Gasteiger partial charge in [-0.05, 0) is 44.2 Å². The first-order valence-electron chi connectivity index (χ1n) is 8.18. The first-order valence-corrected chi connectivity index (χ1v) is 8.18. The van der Waals surface area contributed by atoms with Crippen molar-refractivity contribution in [2.24, 2.45) is 11.8 Å². The van der Waals surface area contributed by atoms with Crippen LogP contribution < -0.4 is 4.74 Å². The third kappa shape index (κ3) is 1.74. The molecular formula is C18H25NO. The minimum Gasteiger partial charge on any atom is -0.493 e. The highest BCUT2D eigenvalue weighted by Gasteiger charge is 2.55. The second-order valence-electron chi connectivity index (χ2n) is 7.38. The Morgan fingerprint density at radius 2 is 2.20 bits per heavy atom. The Bertz CT molecular complexity index is 512. The smallest absolute Gasteiger partial charge is 0.124 e. The standard InChI is InChI=1S/C18H25NO/c1-13(2)10-18-8-5-9-19(18)17-14(11-18)12-20-16-7-4-3-6-15(16)17/h3-4,6-7,13-14,17H,5,8-12H2,1-2H3. The fraction of sp³-hybridized carbons (Fsp3) is 0.667. The lowest BCUT2D eigenvalue weighted by atomic mass is 9.82. The molecule has 0 N–H and O–H groups in total. The van der Waals surface area contributed by atoms with Gasteiger partial charge in [-0.3, -0.25) is 4.90 Å². The van der Waals surface area contributed by atoms with Gasteiger partial charge in [0, 0.05) is 23.1 Å². The van der Waals surface area contributed by atoms with Gasteiger partial charge in [0.2, 0.25) is 0 Å². The Labute approximate surface area is 122 Å². The van der Waals surface area contributed by atoms with Gasteiger partial charge in [0.25, 0.3) is 0 Å². The molecule has 0 amide bonds. The summed E-state index contributed by atoms with van der Waals surface area (Å²) in [6, 6.07) is 9.31. The predicted octanol–water partition coefficient (Wildman–Crippen LogP) is 4.02. The van der Waals surface area contributed by atoms with Crippen LogP contribution in [0.4, 0.5) is 0 Å². The van der Waals surface area contributed by atoms with Gasteiger partial charge in [0.1, 0.15) is 5.75 Å². The normalized spacial score (nSPS) is 35.5. The molecule has 4 rings (SSSR count). The zero-order valence-electron chi connectivity index (χ0n) is 12.6. The maximum atomic E-state index is 6.03. The van der Waals surface area contributed by atoms with Crippen LogP contribution >= 0.6 is 0 Å². The highest BCUT2D eigenvalue weighted by atomic mass is 16.5. The summed E-state index contributed by atoms with van der Waals surface area (Å²) < 4.78 is 6.03. The van der Waals surface area contributed by atoms with Gasteiger partial charge in [-0.2, -0.15) is 0 Å². The predicted molar refractivity (Wildman–Crippen MR) is 80.9 cm³/mol. The van der Waals surface area contributed by atoms with Crippen molar-refractivity contribution in [3.63, 3.8) is 0 Å². The largest absolute Gasteiger partial charge is 0.493 e. The number of hydrogen-bond donors (Lipinski definition) is 0. The molecule has 2 saturated heterocycles. The molecule has 0 saturated carbocycles. The molecule has 1 aromatic rings. The van der Waals surface area contributed by atoms with E-state index in [4.69, 9.17) is 4.74 Å². The molecule has 2 nitrogen and oxygen atoms in total. The lowest BCUT2D eigenvalue weighted by Crippen LogP contribution is -2.40. The van der Waals surface area contributed by atoms with Crippen LogP contribution in [-0.2, 0) is 0 Å². The molecule has 3 aliphatic heterocycles. The Hall–Kier alpha value is -1.02. The van der Waals surface area contributed by atoms with Gasteiger partial charge in [-0.15, -0.1) is 0 Å². The van der Waals surface area contributed by atoms with Crippen molar-refractivity contribution in [1.82, 2.24) is 4.90 Å². The molecule has 0 spiro atoms. The topological polar surface area (TPSA) is 12.5 Å². The van der Waals surface area contributed by atoms with Crippen molar-refractivity contribution >= 4 is 0 Å². The van der Waals surface area contributed by atoms with E-state index >= 15 is 0 Å². The summed E-state index contributed by atoms with van der Waals surface area (Å²) >= 11 is 0. The van der Waals surface area contributed by atoms with Crippen LogP contribution in [0, 0.1) is 11.8 Å². The van der Waals surface area contributed by atoms with Crippen molar-refractivity contribution in [3.8, 4) is 5.75 Å². The Balaban J connectivity index is 1.73. The molecule has 20 heavy (non-hydrogen) atoms. The summed E-state index contributed by atoms with van der Waals surface area (Å²) in [4.78, 5) is 2.85. The third-order valence-corrected chi connectivity index (χ3v) is 5.55. The van der Waals surface area contributed by atoms with Crippen molar-refractivity contribution < 1.29 is 4.74 Å². The van der Waals surface area contributed by atoms with Gasteiger partial charge < -0.3 is 4.74 Å². The van der Waals surface area contributed by atoms with Gasteiger partial charge in [-0.1, -0.05) is 32.0 Å². The molecule has 3 atom stereocenters. The van der Waals surface area contributed by atoms with Crippen molar-refractivity contribution in [1.29, 1.82) is 0 Å². The number of hydrogen-bond acceptors (Lipinski definition) is 2. The fourth-order valence-electron chi connectivity index (χ4n) is 5.15. The fourth-order valence-corrected chi connectivity index (χ4v) is 5.15. The second kappa shape index (κ2) is 4.49. The van der Waals surface area contributed by atoms with Gasteiger partial charge >= 0.3 is 0 Å². The van der Waals surface area contributed by atoms with E-state index in [2.05, 4.69) is 43.0 Å². The molecular weight excluding hydrogens is 246 g/mol. The van der Waals surface area contributed by atoms with E-state index in [1.54, 1.807) is 0 Å². The summed E-state index contributed by atoms with van der Waals surface area (Å²) in [6.07, 6.45) is 5.45. The van der Waals surface area contributed by atoms with Crippen LogP contribution in [-0.4, -0.2) is 23.6 Å². The molecule has 0 aromatic heterocycles. The molecule has 1 aromatic carbocycles. The summed E-state index contributed by atoms with van der Waals surface area (Å²) in [5, 5.41) is 0. The average molecular weight is 271 g/mol. The van der Waals surface area contributed by atoms with E-state index in [1.165, 1.54) is 37.8 Å². The first-order chi connectivity index (χ1) is 9.70. The lowest BCUT2D eigenvalue weighted by Gasteiger charge is -2.38. The summed E-state index contributed by atoms with van der Waals surface area (Å²) in [5.41, 5.74) is 1.90. The minimum absolute atomic E-state index is 0.463. The van der Waals surface area contributed by atoms with Gasteiger partial charge in [-0.25, -0.2) is 0 Å². The Kier molecular flexibility index (Phi) is 2.85.